The molecule has 2 N–H and O–H groups in total. The quantitative estimate of drug-likeness (QED) is 0.828. The SMILES string of the molecule is Cc1cc(C(O)(CC(=O)O)C(F)(F)F)no1. The van der Waals surface area contributed by atoms with Gasteiger partial charge in [-0.1, -0.05) is 5.16 Å². The van der Waals surface area contributed by atoms with Gasteiger partial charge in [0.25, 0.3) is 0 Å². The molecule has 8 heteroatoms. The Morgan fingerprint density at radius 2 is 2.12 bits per heavy atom. The molecule has 0 aliphatic carbocycles. The summed E-state index contributed by atoms with van der Waals surface area (Å²) in [7, 11) is 0. The number of aryl methyl sites for hydroxylation is 1. The molecule has 90 valence electrons. The Balaban J connectivity index is 3.19. The number of carboxylic acids is 1. The first-order chi connectivity index (χ1) is 7.17. The summed E-state index contributed by atoms with van der Waals surface area (Å²) in [5.74, 6) is -1.75. The molecule has 0 aliphatic rings. The van der Waals surface area contributed by atoms with Crippen LogP contribution in [0.5, 0.6) is 0 Å². The first-order valence-corrected chi connectivity index (χ1v) is 4.11. The van der Waals surface area contributed by atoms with E-state index in [0.29, 0.717) is 0 Å². The molecular weight excluding hydrogens is 231 g/mol. The standard InChI is InChI=1S/C8H8F3NO4/c1-4-2-5(12-16-4)7(15,3-6(13)14)8(9,10)11/h2,15H,3H2,1H3,(H,13,14). The highest BCUT2D eigenvalue weighted by molar-refractivity contribution is 5.68. The van der Waals surface area contributed by atoms with Gasteiger partial charge < -0.3 is 14.7 Å². The molecule has 0 aliphatic heterocycles. The summed E-state index contributed by atoms with van der Waals surface area (Å²) in [4.78, 5) is 10.3. The van der Waals surface area contributed by atoms with Gasteiger partial charge in [0.05, 0.1) is 6.42 Å². The number of carbonyl (C=O) groups is 1. The number of halogens is 3. The highest BCUT2D eigenvalue weighted by atomic mass is 19.4. The van der Waals surface area contributed by atoms with Gasteiger partial charge in [-0.05, 0) is 6.92 Å². The third kappa shape index (κ3) is 2.16. The lowest BCUT2D eigenvalue weighted by Gasteiger charge is -2.26. The van der Waals surface area contributed by atoms with Gasteiger partial charge in [-0.15, -0.1) is 0 Å². The maximum Gasteiger partial charge on any atom is 0.423 e. The zero-order valence-corrected chi connectivity index (χ0v) is 8.08. The number of hydrogen-bond donors (Lipinski definition) is 2. The number of nitrogens with zero attached hydrogens (tertiary/aromatic N) is 1. The van der Waals surface area contributed by atoms with Crippen molar-refractivity contribution in [2.24, 2.45) is 0 Å². The van der Waals surface area contributed by atoms with E-state index in [1.807, 2.05) is 0 Å². The van der Waals surface area contributed by atoms with Crippen LogP contribution in [0.2, 0.25) is 0 Å². The molecule has 1 heterocycles. The fraction of sp³-hybridized carbons (Fsp3) is 0.500. The van der Waals surface area contributed by atoms with Crippen LogP contribution in [-0.2, 0) is 10.4 Å². The molecule has 5 nitrogen and oxygen atoms in total. The van der Waals surface area contributed by atoms with Crippen molar-refractivity contribution in [3.8, 4) is 0 Å². The van der Waals surface area contributed by atoms with Crippen LogP contribution in [0.1, 0.15) is 17.9 Å². The maximum absolute atomic E-state index is 12.6. The van der Waals surface area contributed by atoms with Gasteiger partial charge in [-0.25, -0.2) is 0 Å². The molecule has 0 spiro atoms. The fourth-order valence-corrected chi connectivity index (χ4v) is 1.12. The molecule has 1 unspecified atom stereocenters. The van der Waals surface area contributed by atoms with Gasteiger partial charge in [0.15, 0.2) is 0 Å². The summed E-state index contributed by atoms with van der Waals surface area (Å²) >= 11 is 0. The van der Waals surface area contributed by atoms with Gasteiger partial charge in [0, 0.05) is 6.07 Å². The largest absolute Gasteiger partial charge is 0.481 e. The van der Waals surface area contributed by atoms with E-state index >= 15 is 0 Å². The second kappa shape index (κ2) is 3.78. The zero-order chi connectivity index (χ0) is 12.6. The van der Waals surface area contributed by atoms with Crippen LogP contribution in [0.25, 0.3) is 0 Å². The van der Waals surface area contributed by atoms with E-state index in [1.54, 1.807) is 0 Å². The minimum absolute atomic E-state index is 0.0445. The molecule has 0 aromatic carbocycles. The summed E-state index contributed by atoms with van der Waals surface area (Å²) in [5, 5.41) is 20.7. The minimum Gasteiger partial charge on any atom is -0.481 e. The highest BCUT2D eigenvalue weighted by Gasteiger charge is 2.58. The Labute approximate surface area is 87.5 Å². The minimum atomic E-state index is -5.14. The Bertz CT molecular complexity index is 400. The number of aliphatic hydroxyl groups is 1. The van der Waals surface area contributed by atoms with Crippen LogP contribution < -0.4 is 0 Å². The highest BCUT2D eigenvalue weighted by Crippen LogP contribution is 2.41. The second-order valence-electron chi connectivity index (χ2n) is 3.25. The van der Waals surface area contributed by atoms with Gasteiger partial charge in [0.1, 0.15) is 11.5 Å². The predicted octanol–water partition coefficient (Wildman–Crippen LogP) is 1.21. The predicted molar refractivity (Wildman–Crippen MR) is 43.4 cm³/mol. The molecule has 0 saturated heterocycles. The van der Waals surface area contributed by atoms with E-state index in [-0.39, 0.29) is 5.76 Å². The lowest BCUT2D eigenvalue weighted by molar-refractivity contribution is -0.271. The number of aliphatic carboxylic acids is 1. The van der Waals surface area contributed by atoms with Crippen molar-refractivity contribution in [2.45, 2.75) is 25.1 Å². The Hall–Kier alpha value is -1.57. The summed E-state index contributed by atoms with van der Waals surface area (Å²) in [6.45, 7) is 1.33. The number of aromatic nitrogens is 1. The van der Waals surface area contributed by atoms with Crippen LogP contribution in [0.15, 0.2) is 10.6 Å². The lowest BCUT2D eigenvalue weighted by atomic mass is 9.94. The fourth-order valence-electron chi connectivity index (χ4n) is 1.12. The molecule has 0 amide bonds. The zero-order valence-electron chi connectivity index (χ0n) is 8.08. The van der Waals surface area contributed by atoms with Gasteiger partial charge in [0.2, 0.25) is 5.60 Å². The van der Waals surface area contributed by atoms with Crippen molar-refractivity contribution in [3.05, 3.63) is 17.5 Å². The normalized spacial score (nSPS) is 15.8. The summed E-state index contributed by atoms with van der Waals surface area (Å²) in [6, 6.07) is 0.844. The van der Waals surface area contributed by atoms with Crippen LogP contribution in [0.3, 0.4) is 0 Å². The van der Waals surface area contributed by atoms with Crippen LogP contribution in [0.4, 0.5) is 13.2 Å². The first-order valence-electron chi connectivity index (χ1n) is 4.11. The van der Waals surface area contributed by atoms with Gasteiger partial charge >= 0.3 is 12.1 Å². The summed E-state index contributed by atoms with van der Waals surface area (Å²) < 4.78 is 42.1. The Morgan fingerprint density at radius 1 is 1.56 bits per heavy atom. The average molecular weight is 239 g/mol. The molecule has 16 heavy (non-hydrogen) atoms. The molecule has 0 fully saturated rings. The molecule has 0 radical (unpaired) electrons. The molecule has 0 saturated carbocycles. The van der Waals surface area contributed by atoms with Crippen molar-refractivity contribution in [1.82, 2.24) is 5.16 Å². The number of hydrogen-bond acceptors (Lipinski definition) is 4. The van der Waals surface area contributed by atoms with E-state index in [4.69, 9.17) is 5.11 Å². The van der Waals surface area contributed by atoms with Crippen molar-refractivity contribution in [1.29, 1.82) is 0 Å². The van der Waals surface area contributed by atoms with E-state index in [1.165, 1.54) is 6.92 Å². The molecule has 0 bridgehead atoms. The van der Waals surface area contributed by atoms with Crippen molar-refractivity contribution in [2.75, 3.05) is 0 Å². The van der Waals surface area contributed by atoms with E-state index in [0.717, 1.165) is 6.07 Å². The molecule has 1 aromatic rings. The third-order valence-corrected chi connectivity index (χ3v) is 1.93. The number of carboxylic acid groups (broad SMARTS) is 1. The van der Waals surface area contributed by atoms with Crippen LogP contribution >= 0.6 is 0 Å². The van der Waals surface area contributed by atoms with E-state index < -0.39 is 29.9 Å². The molecule has 1 rings (SSSR count). The van der Waals surface area contributed by atoms with Gasteiger partial charge in [-0.2, -0.15) is 13.2 Å². The van der Waals surface area contributed by atoms with Crippen LogP contribution in [0, 0.1) is 6.92 Å². The first kappa shape index (κ1) is 12.5. The Kier molecular flexibility index (Phi) is 2.95. The topological polar surface area (TPSA) is 83.6 Å². The summed E-state index contributed by atoms with van der Waals surface area (Å²) in [5.41, 5.74) is -4.39. The molecular formula is C8H8F3NO4. The van der Waals surface area contributed by atoms with Crippen molar-refractivity contribution < 1.29 is 32.7 Å². The van der Waals surface area contributed by atoms with Crippen molar-refractivity contribution >= 4 is 5.97 Å². The van der Waals surface area contributed by atoms with E-state index in [9.17, 15) is 23.1 Å². The monoisotopic (exact) mass is 239 g/mol. The van der Waals surface area contributed by atoms with Crippen LogP contribution in [-0.4, -0.2) is 27.5 Å². The number of alkyl halides is 3. The van der Waals surface area contributed by atoms with Crippen molar-refractivity contribution in [3.63, 3.8) is 0 Å². The second-order valence-corrected chi connectivity index (χ2v) is 3.25. The summed E-state index contributed by atoms with van der Waals surface area (Å²) in [6.07, 6.45) is -6.67. The van der Waals surface area contributed by atoms with Gasteiger partial charge in [-0.3, -0.25) is 4.79 Å². The maximum atomic E-state index is 12.6. The average Bonchev–Trinajstić information content (AvgIpc) is 2.48. The molecule has 1 atom stereocenters. The smallest absolute Gasteiger partial charge is 0.423 e. The number of rotatable bonds is 3. The third-order valence-electron chi connectivity index (χ3n) is 1.93. The Morgan fingerprint density at radius 3 is 2.44 bits per heavy atom. The lowest BCUT2D eigenvalue weighted by Crippen LogP contribution is -2.44. The molecule has 1 aromatic heterocycles. The van der Waals surface area contributed by atoms with E-state index in [2.05, 4.69) is 9.68 Å².